The Morgan fingerprint density at radius 3 is 2.86 bits per heavy atom. The van der Waals surface area contributed by atoms with Crippen molar-refractivity contribution in [3.05, 3.63) is 88.6 Å². The lowest BCUT2D eigenvalue weighted by atomic mass is 10.2. The Kier molecular flexibility index (Phi) is 5.35. The highest BCUT2D eigenvalue weighted by Gasteiger charge is 2.11. The van der Waals surface area contributed by atoms with Gasteiger partial charge < -0.3 is 14.6 Å². The average molecular weight is 408 g/mol. The van der Waals surface area contributed by atoms with Crippen LogP contribution in [0.15, 0.2) is 65.7 Å². The summed E-state index contributed by atoms with van der Waals surface area (Å²) in [7, 11) is 0. The maximum absolute atomic E-state index is 14.5. The summed E-state index contributed by atoms with van der Waals surface area (Å²) in [4.78, 5) is 20.8. The summed E-state index contributed by atoms with van der Waals surface area (Å²) in [5, 5.41) is 4.62. The van der Waals surface area contributed by atoms with Crippen molar-refractivity contribution in [2.24, 2.45) is 0 Å². The summed E-state index contributed by atoms with van der Waals surface area (Å²) in [6.07, 6.45) is 3.29. The van der Waals surface area contributed by atoms with Crippen molar-refractivity contribution < 1.29 is 13.9 Å². The van der Waals surface area contributed by atoms with Crippen LogP contribution >= 0.6 is 11.3 Å². The Balaban J connectivity index is 1.46. The quantitative estimate of drug-likeness (QED) is 0.506. The minimum absolute atomic E-state index is 0.328. The van der Waals surface area contributed by atoms with Crippen molar-refractivity contribution in [2.75, 3.05) is 5.32 Å². The van der Waals surface area contributed by atoms with Gasteiger partial charge >= 0.3 is 0 Å². The van der Waals surface area contributed by atoms with E-state index in [2.05, 4.69) is 15.3 Å². The van der Waals surface area contributed by atoms with Gasteiger partial charge in [-0.05, 0) is 43.3 Å². The third kappa shape index (κ3) is 4.33. The Hall–Kier alpha value is -3.52. The minimum Gasteiger partial charge on any atom is -0.487 e. The van der Waals surface area contributed by atoms with Crippen LogP contribution in [-0.2, 0) is 6.61 Å². The first-order valence-corrected chi connectivity index (χ1v) is 9.75. The van der Waals surface area contributed by atoms with Crippen LogP contribution in [0, 0.1) is 12.7 Å². The van der Waals surface area contributed by atoms with E-state index in [-0.39, 0.29) is 5.91 Å². The van der Waals surface area contributed by atoms with Crippen molar-refractivity contribution >= 4 is 22.9 Å². The molecule has 2 aromatic heterocycles. The minimum atomic E-state index is -0.454. The van der Waals surface area contributed by atoms with Gasteiger partial charge in [0.25, 0.3) is 5.91 Å². The van der Waals surface area contributed by atoms with E-state index in [0.717, 1.165) is 5.69 Å². The van der Waals surface area contributed by atoms with Gasteiger partial charge in [-0.2, -0.15) is 0 Å². The number of aromatic nitrogens is 3. The van der Waals surface area contributed by atoms with Gasteiger partial charge in [0, 0.05) is 29.0 Å². The molecule has 0 aliphatic carbocycles. The molecule has 6 nitrogen and oxygen atoms in total. The van der Waals surface area contributed by atoms with Crippen molar-refractivity contribution in [1.82, 2.24) is 14.5 Å². The third-order valence-electron chi connectivity index (χ3n) is 4.26. The molecular weight excluding hydrogens is 391 g/mol. The fraction of sp³-hybridized carbons (Fsp3) is 0.0952. The van der Waals surface area contributed by atoms with E-state index in [9.17, 15) is 9.18 Å². The molecule has 0 spiro atoms. The van der Waals surface area contributed by atoms with Crippen LogP contribution in [-0.4, -0.2) is 20.4 Å². The number of amides is 1. The zero-order valence-electron chi connectivity index (χ0n) is 15.5. The molecule has 0 radical (unpaired) electrons. The van der Waals surface area contributed by atoms with Gasteiger partial charge in [-0.1, -0.05) is 6.07 Å². The van der Waals surface area contributed by atoms with Crippen LogP contribution in [0.2, 0.25) is 0 Å². The summed E-state index contributed by atoms with van der Waals surface area (Å²) in [5.41, 5.74) is 3.71. The molecule has 0 saturated heterocycles. The molecular formula is C21H17FN4O2S. The summed E-state index contributed by atoms with van der Waals surface area (Å²) in [6.45, 7) is 2.12. The van der Waals surface area contributed by atoms with Gasteiger partial charge in [0.1, 0.15) is 24.0 Å². The number of thiazole rings is 1. The number of anilines is 1. The number of nitrogens with one attached hydrogen (secondary N) is 1. The zero-order chi connectivity index (χ0) is 20.2. The van der Waals surface area contributed by atoms with Gasteiger partial charge in [-0.15, -0.1) is 11.3 Å². The highest BCUT2D eigenvalue weighted by molar-refractivity contribution is 7.07. The largest absolute Gasteiger partial charge is 0.487 e. The van der Waals surface area contributed by atoms with Crippen LogP contribution in [0.5, 0.6) is 5.75 Å². The smallest absolute Gasteiger partial charge is 0.255 e. The topological polar surface area (TPSA) is 69.0 Å². The van der Waals surface area contributed by atoms with E-state index >= 15 is 0 Å². The van der Waals surface area contributed by atoms with E-state index in [1.807, 2.05) is 5.38 Å². The number of halogens is 1. The number of hydrogen-bond donors (Lipinski definition) is 1. The molecule has 4 aromatic rings. The number of nitrogens with zero attached hydrogens (tertiary/aromatic N) is 3. The lowest BCUT2D eigenvalue weighted by molar-refractivity contribution is 0.102. The number of ether oxygens (including phenoxy) is 1. The first-order valence-electron chi connectivity index (χ1n) is 8.81. The molecule has 2 aromatic carbocycles. The van der Waals surface area contributed by atoms with Crippen LogP contribution in [0.1, 0.15) is 21.9 Å². The number of carbonyl (C=O) groups is 1. The number of benzene rings is 2. The van der Waals surface area contributed by atoms with Crippen LogP contribution < -0.4 is 10.1 Å². The standard InChI is InChI=1S/C21H17FN4O2S/c1-14-23-7-8-26(14)20-6-5-16(10-19(20)22)25-21(27)15-3-2-4-18(9-15)28-11-17-12-29-13-24-17/h2-10,12-13H,11H2,1H3,(H,25,27). The second-order valence-corrected chi connectivity index (χ2v) is 6.98. The molecule has 0 unspecified atom stereocenters. The number of aryl methyl sites for hydroxylation is 1. The molecule has 2 heterocycles. The number of carbonyl (C=O) groups excluding carboxylic acids is 1. The Bertz CT molecular complexity index is 1140. The van der Waals surface area contributed by atoms with E-state index in [4.69, 9.17) is 4.74 Å². The van der Waals surface area contributed by atoms with Gasteiger partial charge in [-0.25, -0.2) is 14.4 Å². The average Bonchev–Trinajstić information content (AvgIpc) is 3.39. The zero-order valence-corrected chi connectivity index (χ0v) is 16.3. The molecule has 0 fully saturated rings. The Morgan fingerprint density at radius 1 is 1.24 bits per heavy atom. The monoisotopic (exact) mass is 408 g/mol. The van der Waals surface area contributed by atoms with Gasteiger partial charge in [-0.3, -0.25) is 4.79 Å². The van der Waals surface area contributed by atoms with E-state index in [1.165, 1.54) is 17.4 Å². The second-order valence-electron chi connectivity index (χ2n) is 6.26. The molecule has 1 N–H and O–H groups in total. The molecule has 146 valence electrons. The molecule has 8 heteroatoms. The highest BCUT2D eigenvalue weighted by Crippen LogP contribution is 2.21. The van der Waals surface area contributed by atoms with E-state index in [0.29, 0.717) is 35.1 Å². The predicted octanol–water partition coefficient (Wildman–Crippen LogP) is 4.61. The summed E-state index contributed by atoms with van der Waals surface area (Å²) >= 11 is 1.50. The summed E-state index contributed by atoms with van der Waals surface area (Å²) < 4.78 is 21.8. The summed E-state index contributed by atoms with van der Waals surface area (Å²) in [6, 6.07) is 11.4. The Morgan fingerprint density at radius 2 is 2.14 bits per heavy atom. The molecule has 4 rings (SSSR count). The highest BCUT2D eigenvalue weighted by atomic mass is 32.1. The van der Waals surface area contributed by atoms with Crippen molar-refractivity contribution in [1.29, 1.82) is 0 Å². The molecule has 0 bridgehead atoms. The Labute approximate surface area is 170 Å². The van der Waals surface area contributed by atoms with Crippen LogP contribution in [0.25, 0.3) is 5.69 Å². The van der Waals surface area contributed by atoms with Crippen molar-refractivity contribution in [2.45, 2.75) is 13.5 Å². The fourth-order valence-corrected chi connectivity index (χ4v) is 3.35. The lowest BCUT2D eigenvalue weighted by Crippen LogP contribution is -2.12. The van der Waals surface area contributed by atoms with Gasteiger partial charge in [0.15, 0.2) is 0 Å². The van der Waals surface area contributed by atoms with Crippen molar-refractivity contribution in [3.63, 3.8) is 0 Å². The third-order valence-corrected chi connectivity index (χ3v) is 4.89. The number of rotatable bonds is 6. The maximum Gasteiger partial charge on any atom is 0.255 e. The number of imidazole rings is 1. The molecule has 0 aliphatic rings. The molecule has 0 saturated carbocycles. The van der Waals surface area contributed by atoms with Gasteiger partial charge in [0.05, 0.1) is 16.9 Å². The predicted molar refractivity (Wildman–Crippen MR) is 109 cm³/mol. The van der Waals surface area contributed by atoms with E-state index in [1.54, 1.807) is 65.8 Å². The van der Waals surface area contributed by atoms with Gasteiger partial charge in [0.2, 0.25) is 0 Å². The van der Waals surface area contributed by atoms with E-state index < -0.39 is 5.82 Å². The first-order chi connectivity index (χ1) is 14.1. The maximum atomic E-state index is 14.5. The first kappa shape index (κ1) is 18.8. The lowest BCUT2D eigenvalue weighted by Gasteiger charge is -2.11. The number of hydrogen-bond acceptors (Lipinski definition) is 5. The normalized spacial score (nSPS) is 10.7. The fourth-order valence-electron chi connectivity index (χ4n) is 2.81. The molecule has 29 heavy (non-hydrogen) atoms. The summed E-state index contributed by atoms with van der Waals surface area (Å²) in [5.74, 6) is 0.428. The van der Waals surface area contributed by atoms with Crippen molar-refractivity contribution in [3.8, 4) is 11.4 Å². The second kappa shape index (κ2) is 8.24. The van der Waals surface area contributed by atoms with Crippen LogP contribution in [0.3, 0.4) is 0 Å². The molecule has 0 atom stereocenters. The molecule has 1 amide bonds. The van der Waals surface area contributed by atoms with Crippen LogP contribution in [0.4, 0.5) is 10.1 Å². The SMILES string of the molecule is Cc1nccn1-c1ccc(NC(=O)c2cccc(OCc3cscn3)c2)cc1F. The molecule has 0 aliphatic heterocycles.